The van der Waals surface area contributed by atoms with Crippen molar-refractivity contribution in [2.45, 2.75) is 51.0 Å². The Morgan fingerprint density at radius 3 is 2.38 bits per heavy atom. The van der Waals surface area contributed by atoms with Crippen molar-refractivity contribution in [2.24, 2.45) is 5.92 Å². The molecule has 26 heavy (non-hydrogen) atoms. The summed E-state index contributed by atoms with van der Waals surface area (Å²) in [5.74, 6) is 0.463. The van der Waals surface area contributed by atoms with Crippen molar-refractivity contribution in [2.75, 3.05) is 18.0 Å². The average Bonchev–Trinajstić information content (AvgIpc) is 3.24. The molecular weight excluding hydrogens is 324 g/mol. The molecule has 1 aromatic heterocycles. The van der Waals surface area contributed by atoms with E-state index in [4.69, 9.17) is 0 Å². The summed E-state index contributed by atoms with van der Waals surface area (Å²) in [5, 5.41) is 10.2. The molecule has 1 saturated heterocycles. The summed E-state index contributed by atoms with van der Waals surface area (Å²) in [6, 6.07) is 9.05. The highest BCUT2D eigenvalue weighted by molar-refractivity contribution is 5.79. The molecule has 0 radical (unpaired) electrons. The largest absolute Gasteiger partial charge is 0.371 e. The van der Waals surface area contributed by atoms with E-state index in [9.17, 15) is 4.79 Å². The highest BCUT2D eigenvalue weighted by Gasteiger charge is 2.27. The lowest BCUT2D eigenvalue weighted by Crippen LogP contribution is -2.44. The van der Waals surface area contributed by atoms with Crippen LogP contribution in [0.5, 0.6) is 0 Å². The maximum atomic E-state index is 12.5. The summed E-state index contributed by atoms with van der Waals surface area (Å²) in [5.41, 5.74) is 3.52. The van der Waals surface area contributed by atoms with Crippen LogP contribution in [0.3, 0.4) is 0 Å². The minimum absolute atomic E-state index is 0.179. The number of nitrogens with one attached hydrogen (secondary N) is 2. The maximum absolute atomic E-state index is 12.5. The van der Waals surface area contributed by atoms with Gasteiger partial charge in [-0.25, -0.2) is 0 Å². The molecule has 0 unspecified atom stereocenters. The quantitative estimate of drug-likeness (QED) is 0.881. The van der Waals surface area contributed by atoms with Crippen LogP contribution in [0.25, 0.3) is 11.1 Å². The van der Waals surface area contributed by atoms with Gasteiger partial charge >= 0.3 is 0 Å². The fourth-order valence-corrected chi connectivity index (χ4v) is 4.24. The Morgan fingerprint density at radius 1 is 1.00 bits per heavy atom. The minimum Gasteiger partial charge on any atom is -0.371 e. The van der Waals surface area contributed by atoms with Crippen molar-refractivity contribution >= 4 is 11.6 Å². The predicted molar refractivity (Wildman–Crippen MR) is 104 cm³/mol. The molecular formula is C21H28N4O. The Hall–Kier alpha value is -2.30. The van der Waals surface area contributed by atoms with Crippen LogP contribution in [0, 0.1) is 5.92 Å². The zero-order chi connectivity index (χ0) is 17.8. The highest BCUT2D eigenvalue weighted by atomic mass is 16.1. The van der Waals surface area contributed by atoms with Crippen LogP contribution in [-0.4, -0.2) is 35.2 Å². The van der Waals surface area contributed by atoms with Gasteiger partial charge in [0.15, 0.2) is 0 Å². The number of carbonyl (C=O) groups is 1. The summed E-state index contributed by atoms with van der Waals surface area (Å²) in [6.45, 7) is 1.90. The van der Waals surface area contributed by atoms with Gasteiger partial charge in [-0.2, -0.15) is 5.10 Å². The molecule has 1 aliphatic carbocycles. The Labute approximate surface area is 155 Å². The number of aromatic amines is 1. The molecule has 1 amide bonds. The third kappa shape index (κ3) is 3.92. The van der Waals surface area contributed by atoms with E-state index in [0.717, 1.165) is 44.3 Å². The summed E-state index contributed by atoms with van der Waals surface area (Å²) >= 11 is 0. The second-order valence-corrected chi connectivity index (χ2v) is 7.64. The van der Waals surface area contributed by atoms with Gasteiger partial charge in [0.1, 0.15) is 0 Å². The fourth-order valence-electron chi connectivity index (χ4n) is 4.24. The number of piperidine rings is 1. The van der Waals surface area contributed by atoms with Crippen LogP contribution in [0.2, 0.25) is 0 Å². The monoisotopic (exact) mass is 352 g/mol. The van der Waals surface area contributed by atoms with Gasteiger partial charge in [-0.1, -0.05) is 31.4 Å². The van der Waals surface area contributed by atoms with Crippen molar-refractivity contribution in [3.05, 3.63) is 36.7 Å². The smallest absolute Gasteiger partial charge is 0.223 e. The van der Waals surface area contributed by atoms with Gasteiger partial charge in [0, 0.05) is 42.5 Å². The van der Waals surface area contributed by atoms with E-state index < -0.39 is 0 Å². The lowest BCUT2D eigenvalue weighted by Gasteiger charge is -2.34. The zero-order valence-corrected chi connectivity index (χ0v) is 15.3. The van der Waals surface area contributed by atoms with Crippen LogP contribution in [0.15, 0.2) is 36.7 Å². The van der Waals surface area contributed by atoms with Crippen LogP contribution < -0.4 is 10.2 Å². The molecule has 0 bridgehead atoms. The third-order valence-electron chi connectivity index (χ3n) is 5.88. The number of anilines is 1. The number of nitrogens with zero attached hydrogens (tertiary/aromatic N) is 2. The van der Waals surface area contributed by atoms with Gasteiger partial charge < -0.3 is 10.2 Å². The first kappa shape index (κ1) is 17.1. The Kier molecular flexibility index (Phi) is 5.23. The van der Waals surface area contributed by atoms with Crippen LogP contribution in [-0.2, 0) is 4.79 Å². The summed E-state index contributed by atoms with van der Waals surface area (Å²) in [4.78, 5) is 14.9. The Morgan fingerprint density at radius 2 is 1.73 bits per heavy atom. The number of aromatic nitrogens is 2. The topological polar surface area (TPSA) is 61.0 Å². The molecule has 1 saturated carbocycles. The molecule has 0 atom stereocenters. The van der Waals surface area contributed by atoms with E-state index in [1.165, 1.54) is 30.5 Å². The van der Waals surface area contributed by atoms with Crippen molar-refractivity contribution in [1.82, 2.24) is 15.5 Å². The van der Waals surface area contributed by atoms with Crippen molar-refractivity contribution in [3.8, 4) is 11.1 Å². The number of amides is 1. The van der Waals surface area contributed by atoms with Crippen molar-refractivity contribution in [3.63, 3.8) is 0 Å². The molecule has 2 aliphatic rings. The van der Waals surface area contributed by atoms with Gasteiger partial charge in [-0.05, 0) is 43.4 Å². The Balaban J connectivity index is 1.29. The SMILES string of the molecule is O=C(NC1CCCCC1)C1CCN(c2ccc(-c3cn[nH]c3)cc2)CC1. The molecule has 2 fully saturated rings. The highest BCUT2D eigenvalue weighted by Crippen LogP contribution is 2.27. The number of H-pyrrole nitrogens is 1. The van der Waals surface area contributed by atoms with Crippen molar-refractivity contribution < 1.29 is 4.79 Å². The minimum atomic E-state index is 0.179. The molecule has 2 heterocycles. The van der Waals surface area contributed by atoms with Crippen molar-refractivity contribution in [1.29, 1.82) is 0 Å². The molecule has 2 N–H and O–H groups in total. The normalized spacial score (nSPS) is 19.5. The lowest BCUT2D eigenvalue weighted by atomic mass is 9.92. The number of benzene rings is 1. The first-order valence-electron chi connectivity index (χ1n) is 9.94. The first-order chi connectivity index (χ1) is 12.8. The van der Waals surface area contributed by atoms with Gasteiger partial charge in [0.2, 0.25) is 5.91 Å². The summed E-state index contributed by atoms with van der Waals surface area (Å²) in [6.07, 6.45) is 11.8. The average molecular weight is 352 g/mol. The Bertz CT molecular complexity index is 696. The van der Waals surface area contributed by atoms with Crippen LogP contribution in [0.1, 0.15) is 44.9 Å². The van der Waals surface area contributed by atoms with E-state index in [1.807, 2.05) is 12.4 Å². The number of carbonyl (C=O) groups excluding carboxylic acids is 1. The number of rotatable bonds is 4. The molecule has 138 valence electrons. The third-order valence-corrected chi connectivity index (χ3v) is 5.88. The van der Waals surface area contributed by atoms with Crippen LogP contribution >= 0.6 is 0 Å². The van der Waals surface area contributed by atoms with Gasteiger partial charge in [-0.15, -0.1) is 0 Å². The van der Waals surface area contributed by atoms with E-state index >= 15 is 0 Å². The maximum Gasteiger partial charge on any atom is 0.223 e. The first-order valence-corrected chi connectivity index (χ1v) is 9.94. The summed E-state index contributed by atoms with van der Waals surface area (Å²) in [7, 11) is 0. The molecule has 4 rings (SSSR count). The second-order valence-electron chi connectivity index (χ2n) is 7.64. The number of hydrogen-bond donors (Lipinski definition) is 2. The molecule has 5 nitrogen and oxygen atoms in total. The van der Waals surface area contributed by atoms with E-state index in [2.05, 4.69) is 44.7 Å². The summed E-state index contributed by atoms with van der Waals surface area (Å²) < 4.78 is 0. The second kappa shape index (κ2) is 7.94. The van der Waals surface area contributed by atoms with Gasteiger partial charge in [0.05, 0.1) is 6.20 Å². The molecule has 2 aromatic rings. The fraction of sp³-hybridized carbons (Fsp3) is 0.524. The van der Waals surface area contributed by atoms with E-state index in [0.29, 0.717) is 6.04 Å². The number of hydrogen-bond acceptors (Lipinski definition) is 3. The molecule has 1 aromatic carbocycles. The predicted octanol–water partition coefficient (Wildman–Crippen LogP) is 3.74. The standard InChI is InChI=1S/C21H28N4O/c26-21(24-19-4-2-1-3-5-19)17-10-12-25(13-11-17)20-8-6-16(7-9-20)18-14-22-23-15-18/h6-9,14-15,17,19H,1-5,10-13H2,(H,22,23)(H,24,26). The zero-order valence-electron chi connectivity index (χ0n) is 15.3. The van der Waals surface area contributed by atoms with Gasteiger partial charge in [0.25, 0.3) is 0 Å². The van der Waals surface area contributed by atoms with Crippen LogP contribution in [0.4, 0.5) is 5.69 Å². The lowest BCUT2D eigenvalue weighted by molar-refractivity contribution is -0.126. The van der Waals surface area contributed by atoms with E-state index in [1.54, 1.807) is 0 Å². The van der Waals surface area contributed by atoms with E-state index in [-0.39, 0.29) is 11.8 Å². The molecule has 5 heteroatoms. The molecule has 0 spiro atoms. The van der Waals surface area contributed by atoms with Gasteiger partial charge in [-0.3, -0.25) is 9.89 Å². The molecule has 1 aliphatic heterocycles.